The summed E-state index contributed by atoms with van der Waals surface area (Å²) in [5.74, 6) is -0.290. The van der Waals surface area contributed by atoms with Gasteiger partial charge in [0.05, 0.1) is 11.0 Å². The molecular weight excluding hydrogens is 492 g/mol. The Morgan fingerprint density at radius 2 is 1.86 bits per heavy atom. The number of carboxylic acids is 1. The number of fused-ring (bicyclic) bond motifs is 1. The van der Waals surface area contributed by atoms with E-state index in [1.54, 1.807) is 41.2 Å². The van der Waals surface area contributed by atoms with Crippen molar-refractivity contribution in [3.63, 3.8) is 0 Å². The van der Waals surface area contributed by atoms with Crippen LogP contribution in [0.3, 0.4) is 0 Å². The molecule has 4 rings (SSSR count). The predicted octanol–water partition coefficient (Wildman–Crippen LogP) is 5.09. The molecule has 8 nitrogen and oxygen atoms in total. The van der Waals surface area contributed by atoms with E-state index in [4.69, 9.17) is 21.1 Å². The molecule has 35 heavy (non-hydrogen) atoms. The fourth-order valence-electron chi connectivity index (χ4n) is 3.76. The second kappa shape index (κ2) is 11.1. The van der Waals surface area contributed by atoms with Crippen LogP contribution in [-0.4, -0.2) is 50.2 Å². The lowest BCUT2D eigenvalue weighted by Crippen LogP contribution is -2.19. The highest BCUT2D eigenvalue weighted by atomic mass is 35.5. The lowest BCUT2D eigenvalue weighted by molar-refractivity contribution is 0.0695. The molecule has 0 spiro atoms. The highest BCUT2D eigenvalue weighted by molar-refractivity contribution is 7.16. The third-order valence-corrected chi connectivity index (χ3v) is 6.94. The summed E-state index contributed by atoms with van der Waals surface area (Å²) >= 11 is 7.36. The molecule has 0 saturated heterocycles. The fourth-order valence-corrected chi connectivity index (χ4v) is 4.96. The molecule has 0 aliphatic carbocycles. The number of aliphatic hydroxyl groups is 2. The molecule has 2 aromatic carbocycles. The van der Waals surface area contributed by atoms with Crippen LogP contribution in [0.4, 0.5) is 0 Å². The Morgan fingerprint density at radius 3 is 2.54 bits per heavy atom. The predicted molar refractivity (Wildman–Crippen MR) is 134 cm³/mol. The molecule has 0 saturated carbocycles. The Hall–Kier alpha value is -3.11. The molecule has 10 heteroatoms. The third kappa shape index (κ3) is 5.59. The minimum Gasteiger partial charge on any atom is -0.490 e. The number of nitrogens with zero attached hydrogens (tertiary/aromatic N) is 2. The highest BCUT2D eigenvalue weighted by Crippen LogP contribution is 2.37. The highest BCUT2D eigenvalue weighted by Gasteiger charge is 2.22. The van der Waals surface area contributed by atoms with E-state index >= 15 is 0 Å². The number of hydrogen-bond acceptors (Lipinski definition) is 7. The molecule has 184 valence electrons. The molecule has 0 bridgehead atoms. The number of imidazole rings is 1. The maximum absolute atomic E-state index is 12.0. The van der Waals surface area contributed by atoms with E-state index in [0.29, 0.717) is 34.1 Å². The summed E-state index contributed by atoms with van der Waals surface area (Å²) < 4.78 is 13.8. The van der Waals surface area contributed by atoms with Crippen molar-refractivity contribution in [2.45, 2.75) is 32.0 Å². The molecule has 4 aromatic rings. The Bertz CT molecular complexity index is 1310. The van der Waals surface area contributed by atoms with Crippen molar-refractivity contribution in [2.24, 2.45) is 0 Å². The fraction of sp³-hybridized carbons (Fsp3) is 0.280. The number of aliphatic hydroxyl groups excluding tert-OH is 2. The smallest absolute Gasteiger partial charge is 0.349 e. The maximum atomic E-state index is 12.0. The topological polar surface area (TPSA) is 114 Å². The average molecular weight is 517 g/mol. The Kier molecular flexibility index (Phi) is 7.92. The van der Waals surface area contributed by atoms with Crippen molar-refractivity contribution in [1.29, 1.82) is 0 Å². The Balaban J connectivity index is 1.66. The van der Waals surface area contributed by atoms with E-state index in [-0.39, 0.29) is 29.9 Å². The van der Waals surface area contributed by atoms with Crippen LogP contribution in [-0.2, 0) is 0 Å². The number of aromatic carboxylic acids is 1. The minimum atomic E-state index is -1.09. The number of carboxylic acid groups (broad SMARTS) is 1. The van der Waals surface area contributed by atoms with Gasteiger partial charge in [-0.1, -0.05) is 29.8 Å². The molecule has 2 heterocycles. The average Bonchev–Trinajstić information content (AvgIpc) is 3.43. The first-order chi connectivity index (χ1) is 16.9. The molecule has 0 aliphatic heterocycles. The first kappa shape index (κ1) is 25.0. The van der Waals surface area contributed by atoms with Gasteiger partial charge in [-0.3, -0.25) is 4.57 Å². The van der Waals surface area contributed by atoms with Crippen LogP contribution in [0.25, 0.3) is 16.0 Å². The molecule has 0 radical (unpaired) electrons. The van der Waals surface area contributed by atoms with Crippen LogP contribution < -0.4 is 9.47 Å². The molecule has 0 unspecified atom stereocenters. The third-order valence-electron chi connectivity index (χ3n) is 5.49. The Morgan fingerprint density at radius 1 is 1.11 bits per heavy atom. The molecular formula is C25H25ClN2O6S. The van der Waals surface area contributed by atoms with Gasteiger partial charge in [-0.05, 0) is 25.1 Å². The molecule has 2 aromatic heterocycles. The largest absolute Gasteiger partial charge is 0.490 e. The first-order valence-corrected chi connectivity index (χ1v) is 12.2. The normalized spacial score (nSPS) is 12.3. The molecule has 1 atom stereocenters. The monoisotopic (exact) mass is 516 g/mol. The van der Waals surface area contributed by atoms with Gasteiger partial charge in [-0.25, -0.2) is 9.78 Å². The summed E-state index contributed by atoms with van der Waals surface area (Å²) in [6.07, 6.45) is 1.63. The maximum Gasteiger partial charge on any atom is 0.349 e. The zero-order valence-electron chi connectivity index (χ0n) is 18.9. The van der Waals surface area contributed by atoms with Crippen LogP contribution in [0.15, 0.2) is 54.9 Å². The summed E-state index contributed by atoms with van der Waals surface area (Å²) in [5.41, 5.74) is 2.18. The summed E-state index contributed by atoms with van der Waals surface area (Å²) in [4.78, 5) is 16.5. The van der Waals surface area contributed by atoms with Gasteiger partial charge in [0.2, 0.25) is 0 Å². The van der Waals surface area contributed by atoms with E-state index in [2.05, 4.69) is 4.98 Å². The van der Waals surface area contributed by atoms with Gasteiger partial charge in [0.25, 0.3) is 0 Å². The van der Waals surface area contributed by atoms with Gasteiger partial charge in [0.1, 0.15) is 35.0 Å². The van der Waals surface area contributed by atoms with Gasteiger partial charge in [0, 0.05) is 48.8 Å². The second-order valence-corrected chi connectivity index (χ2v) is 9.33. The van der Waals surface area contributed by atoms with Crippen LogP contribution in [0, 0.1) is 0 Å². The number of ether oxygens (including phenoxy) is 2. The van der Waals surface area contributed by atoms with Crippen molar-refractivity contribution in [3.05, 3.63) is 70.3 Å². The van der Waals surface area contributed by atoms with Crippen LogP contribution in [0.2, 0.25) is 5.02 Å². The molecule has 3 N–H and O–H groups in total. The summed E-state index contributed by atoms with van der Waals surface area (Å²) in [5, 5.41) is 29.5. The van der Waals surface area contributed by atoms with Gasteiger partial charge < -0.3 is 24.8 Å². The lowest BCUT2D eigenvalue weighted by atomic mass is 10.1. The lowest BCUT2D eigenvalue weighted by Gasteiger charge is -2.17. The number of hydrogen-bond donors (Lipinski definition) is 3. The van der Waals surface area contributed by atoms with E-state index < -0.39 is 12.1 Å². The summed E-state index contributed by atoms with van der Waals surface area (Å²) in [6.45, 7) is 1.72. The molecule has 0 amide bonds. The van der Waals surface area contributed by atoms with Crippen molar-refractivity contribution in [2.75, 3.05) is 13.2 Å². The van der Waals surface area contributed by atoms with Crippen molar-refractivity contribution in [1.82, 2.24) is 9.55 Å². The van der Waals surface area contributed by atoms with Crippen LogP contribution >= 0.6 is 22.9 Å². The van der Waals surface area contributed by atoms with E-state index in [1.165, 1.54) is 0 Å². The van der Waals surface area contributed by atoms with Gasteiger partial charge in [0.15, 0.2) is 4.88 Å². The van der Waals surface area contributed by atoms with E-state index in [0.717, 1.165) is 22.4 Å². The van der Waals surface area contributed by atoms with E-state index in [1.807, 2.05) is 25.1 Å². The number of rotatable bonds is 11. The molecule has 0 fully saturated rings. The Labute approximate surface area is 211 Å². The van der Waals surface area contributed by atoms with Crippen LogP contribution in [0.5, 0.6) is 11.5 Å². The second-order valence-electron chi connectivity index (χ2n) is 7.89. The number of thiophene rings is 1. The number of aromatic nitrogens is 2. The zero-order chi connectivity index (χ0) is 24.9. The number of halogens is 1. The van der Waals surface area contributed by atoms with Crippen molar-refractivity contribution < 1.29 is 29.6 Å². The number of benzene rings is 2. The summed E-state index contributed by atoms with van der Waals surface area (Å²) in [6, 6.07) is 14.3. The molecule has 0 aliphatic rings. The first-order valence-electron chi connectivity index (χ1n) is 11.0. The SMILES string of the molecule is C[C@@H](Oc1cc(-n2cnc3ccc(OC(CCO)CCO)cc32)sc1C(=O)O)c1ccccc1Cl. The van der Waals surface area contributed by atoms with E-state index in [9.17, 15) is 20.1 Å². The standard InChI is InChI=1S/C25H25ClN2O6S/c1-15(18-4-2-3-5-19(18)26)33-22-13-23(35-24(22)25(31)32)28-14-27-20-7-6-17(12-21(20)28)34-16(8-10-29)9-11-30/h2-7,12-16,29-30H,8-11H2,1H3,(H,31,32)/t15-/m1/s1. The van der Waals surface area contributed by atoms with Gasteiger partial charge >= 0.3 is 5.97 Å². The van der Waals surface area contributed by atoms with Gasteiger partial charge in [-0.15, -0.1) is 11.3 Å². The minimum absolute atomic E-state index is 0.0482. The van der Waals surface area contributed by atoms with Crippen LogP contribution in [0.1, 0.15) is 41.1 Å². The summed E-state index contributed by atoms with van der Waals surface area (Å²) in [7, 11) is 0. The van der Waals surface area contributed by atoms with Crippen molar-refractivity contribution >= 4 is 39.9 Å². The number of carbonyl (C=O) groups is 1. The van der Waals surface area contributed by atoms with Crippen molar-refractivity contribution in [3.8, 4) is 16.5 Å². The van der Waals surface area contributed by atoms with Gasteiger partial charge in [-0.2, -0.15) is 0 Å². The zero-order valence-corrected chi connectivity index (χ0v) is 20.5. The quantitative estimate of drug-likeness (QED) is 0.254.